The number of ketones is 2. The zero-order valence-corrected chi connectivity index (χ0v) is 16.9. The minimum Gasteiger partial charge on any atom is -0.355 e. The maximum absolute atomic E-state index is 12.8. The van der Waals surface area contributed by atoms with Crippen LogP contribution in [0.25, 0.3) is 0 Å². The summed E-state index contributed by atoms with van der Waals surface area (Å²) in [5, 5.41) is 5.44. The average Bonchev–Trinajstić information content (AvgIpc) is 3.24. The van der Waals surface area contributed by atoms with Crippen LogP contribution in [0.3, 0.4) is 0 Å². The second-order valence-electron chi connectivity index (χ2n) is 6.84. The van der Waals surface area contributed by atoms with E-state index in [1.807, 2.05) is 25.3 Å². The summed E-state index contributed by atoms with van der Waals surface area (Å²) in [5.74, 6) is -0.0684. The van der Waals surface area contributed by atoms with Gasteiger partial charge in [-0.2, -0.15) is 0 Å². The third-order valence-corrected chi connectivity index (χ3v) is 5.71. The van der Waals surface area contributed by atoms with E-state index in [2.05, 4.69) is 47.6 Å². The number of nitrogens with one attached hydrogen (secondary N) is 2. The molecule has 5 heteroatoms. The van der Waals surface area contributed by atoms with Crippen LogP contribution in [-0.2, 0) is 0 Å². The Kier molecular flexibility index (Phi) is 5.73. The summed E-state index contributed by atoms with van der Waals surface area (Å²) in [7, 11) is 0. The molecule has 0 amide bonds. The largest absolute Gasteiger partial charge is 0.355 e. The maximum atomic E-state index is 12.8. The molecule has 0 saturated carbocycles. The van der Waals surface area contributed by atoms with E-state index < -0.39 is 0 Å². The van der Waals surface area contributed by atoms with Crippen LogP contribution in [0.1, 0.15) is 61.1 Å². The summed E-state index contributed by atoms with van der Waals surface area (Å²) < 4.78 is 0. The van der Waals surface area contributed by atoms with Gasteiger partial charge in [0.25, 0.3) is 0 Å². The van der Waals surface area contributed by atoms with Gasteiger partial charge >= 0.3 is 0 Å². The Labute approximate surface area is 163 Å². The summed E-state index contributed by atoms with van der Waals surface area (Å²) in [6.07, 6.45) is 0. The molecule has 4 nitrogen and oxygen atoms in total. The highest BCUT2D eigenvalue weighted by Gasteiger charge is 2.21. The second-order valence-corrected chi connectivity index (χ2v) is 7.82. The molecule has 0 spiro atoms. The van der Waals surface area contributed by atoms with E-state index in [1.165, 1.54) is 12.5 Å². The highest BCUT2D eigenvalue weighted by Crippen LogP contribution is 2.26. The van der Waals surface area contributed by atoms with Gasteiger partial charge < -0.3 is 4.98 Å². The highest BCUT2D eigenvalue weighted by atomic mass is 32.1. The lowest BCUT2D eigenvalue weighted by Crippen LogP contribution is -2.28. The van der Waals surface area contributed by atoms with Gasteiger partial charge in [0.1, 0.15) is 0 Å². The van der Waals surface area contributed by atoms with Crippen LogP contribution >= 0.6 is 11.3 Å². The quantitative estimate of drug-likeness (QED) is 0.581. The molecule has 3 aromatic rings. The minimum absolute atomic E-state index is 0.0237. The lowest BCUT2D eigenvalue weighted by Gasteiger charge is -2.18. The zero-order valence-electron chi connectivity index (χ0n) is 16.1. The normalized spacial score (nSPS) is 12.1. The van der Waals surface area contributed by atoms with Gasteiger partial charge in [0.2, 0.25) is 0 Å². The first kappa shape index (κ1) is 19.3. The molecule has 0 aliphatic heterocycles. The Morgan fingerprint density at radius 1 is 1.11 bits per heavy atom. The second kappa shape index (κ2) is 8.03. The Morgan fingerprint density at radius 3 is 2.37 bits per heavy atom. The standard InChI is InChI=1S/C22H24N2O2S/c1-13-7-9-17(10-8-13)22(19-6-5-11-27-19)23-12-18(26)21-14(2)20(16(4)25)15(3)24-21/h5-11,22-24H,12H2,1-4H3. The molecule has 140 valence electrons. The number of rotatable bonds is 7. The van der Waals surface area contributed by atoms with Crippen molar-refractivity contribution >= 4 is 22.9 Å². The number of hydrogen-bond donors (Lipinski definition) is 2. The minimum atomic E-state index is -0.0447. The van der Waals surface area contributed by atoms with E-state index in [-0.39, 0.29) is 24.2 Å². The van der Waals surface area contributed by atoms with Crippen molar-refractivity contribution in [3.63, 3.8) is 0 Å². The summed E-state index contributed by atoms with van der Waals surface area (Å²) >= 11 is 1.66. The smallest absolute Gasteiger partial charge is 0.193 e. The number of Topliss-reactive ketones (excluding diaryl/α,β-unsaturated/α-hetero) is 2. The van der Waals surface area contributed by atoms with Gasteiger partial charge in [0.05, 0.1) is 18.3 Å². The summed E-state index contributed by atoms with van der Waals surface area (Å²) in [6.45, 7) is 7.43. The number of hydrogen-bond acceptors (Lipinski definition) is 4. The van der Waals surface area contributed by atoms with Crippen LogP contribution in [0.5, 0.6) is 0 Å². The lowest BCUT2D eigenvalue weighted by molar-refractivity contribution is 0.0983. The number of carbonyl (C=O) groups is 2. The monoisotopic (exact) mass is 380 g/mol. The molecule has 2 N–H and O–H groups in total. The van der Waals surface area contributed by atoms with E-state index in [4.69, 9.17) is 0 Å². The molecule has 1 atom stereocenters. The van der Waals surface area contributed by atoms with Crippen molar-refractivity contribution < 1.29 is 9.59 Å². The van der Waals surface area contributed by atoms with Crippen molar-refractivity contribution in [1.82, 2.24) is 10.3 Å². The molecular formula is C22H24N2O2S. The average molecular weight is 381 g/mol. The zero-order chi connectivity index (χ0) is 19.6. The SMILES string of the molecule is CC(=O)c1c(C)[nH]c(C(=O)CNC(c2ccc(C)cc2)c2cccs2)c1C. The van der Waals surface area contributed by atoms with Crippen LogP contribution < -0.4 is 5.32 Å². The molecular weight excluding hydrogens is 356 g/mol. The number of aryl methyl sites for hydroxylation is 2. The van der Waals surface area contributed by atoms with Crippen molar-refractivity contribution in [1.29, 1.82) is 0 Å². The van der Waals surface area contributed by atoms with Crippen molar-refractivity contribution in [2.24, 2.45) is 0 Å². The predicted molar refractivity (Wildman–Crippen MR) is 110 cm³/mol. The molecule has 2 aromatic heterocycles. The van der Waals surface area contributed by atoms with Gasteiger partial charge in [-0.15, -0.1) is 11.3 Å². The van der Waals surface area contributed by atoms with Crippen molar-refractivity contribution in [2.75, 3.05) is 6.54 Å². The van der Waals surface area contributed by atoms with Gasteiger partial charge in [0, 0.05) is 16.1 Å². The van der Waals surface area contributed by atoms with Gasteiger partial charge in [-0.25, -0.2) is 0 Å². The first-order chi connectivity index (χ1) is 12.9. The van der Waals surface area contributed by atoms with Crippen LogP contribution in [0, 0.1) is 20.8 Å². The highest BCUT2D eigenvalue weighted by molar-refractivity contribution is 7.10. The predicted octanol–water partition coefficient (Wildman–Crippen LogP) is 4.77. The van der Waals surface area contributed by atoms with E-state index in [0.29, 0.717) is 11.3 Å². The van der Waals surface area contributed by atoms with Gasteiger partial charge in [-0.1, -0.05) is 35.9 Å². The number of H-pyrrole nitrogens is 1. The Morgan fingerprint density at radius 2 is 1.81 bits per heavy atom. The molecule has 0 aliphatic carbocycles. The third kappa shape index (κ3) is 4.10. The van der Waals surface area contributed by atoms with E-state index >= 15 is 0 Å². The van der Waals surface area contributed by atoms with E-state index in [1.54, 1.807) is 11.3 Å². The summed E-state index contributed by atoms with van der Waals surface area (Å²) in [5.41, 5.74) is 4.94. The molecule has 1 aromatic carbocycles. The summed E-state index contributed by atoms with van der Waals surface area (Å²) in [6, 6.07) is 12.4. The molecule has 0 fully saturated rings. The van der Waals surface area contributed by atoms with Gasteiger partial charge in [-0.05, 0) is 50.3 Å². The molecule has 0 saturated heterocycles. The fourth-order valence-corrected chi connectivity index (χ4v) is 4.26. The summed E-state index contributed by atoms with van der Waals surface area (Å²) in [4.78, 5) is 28.9. The number of aromatic nitrogens is 1. The number of thiophene rings is 1. The van der Waals surface area contributed by atoms with Gasteiger partial charge in [0.15, 0.2) is 11.6 Å². The number of benzene rings is 1. The maximum Gasteiger partial charge on any atom is 0.193 e. The van der Waals surface area contributed by atoms with Crippen LogP contribution in [-0.4, -0.2) is 23.1 Å². The molecule has 0 aliphatic rings. The fourth-order valence-electron chi connectivity index (χ4n) is 3.44. The van der Waals surface area contributed by atoms with Crippen LogP contribution in [0.2, 0.25) is 0 Å². The molecule has 0 radical (unpaired) electrons. The molecule has 2 heterocycles. The van der Waals surface area contributed by atoms with Crippen molar-refractivity contribution in [2.45, 2.75) is 33.7 Å². The Bertz CT molecular complexity index is 953. The Balaban J connectivity index is 1.82. The van der Waals surface area contributed by atoms with E-state index in [9.17, 15) is 9.59 Å². The first-order valence-corrected chi connectivity index (χ1v) is 9.83. The molecule has 1 unspecified atom stereocenters. The number of carbonyl (C=O) groups excluding carboxylic acids is 2. The molecule has 0 bridgehead atoms. The van der Waals surface area contributed by atoms with Gasteiger partial charge in [-0.3, -0.25) is 14.9 Å². The number of aromatic amines is 1. The molecule has 27 heavy (non-hydrogen) atoms. The van der Waals surface area contributed by atoms with E-state index in [0.717, 1.165) is 21.7 Å². The van der Waals surface area contributed by atoms with Crippen molar-refractivity contribution in [3.05, 3.63) is 80.3 Å². The fraction of sp³-hybridized carbons (Fsp3) is 0.273. The lowest BCUT2D eigenvalue weighted by atomic mass is 10.0. The van der Waals surface area contributed by atoms with Crippen molar-refractivity contribution in [3.8, 4) is 0 Å². The van der Waals surface area contributed by atoms with Crippen LogP contribution in [0.4, 0.5) is 0 Å². The first-order valence-electron chi connectivity index (χ1n) is 8.95. The van der Waals surface area contributed by atoms with Crippen LogP contribution in [0.15, 0.2) is 41.8 Å². The molecule has 3 rings (SSSR count). The third-order valence-electron chi connectivity index (χ3n) is 4.77. The topological polar surface area (TPSA) is 62.0 Å². The Hall–Kier alpha value is -2.50.